The number of hydrogen-bond acceptors (Lipinski definition) is 4. The van der Waals surface area contributed by atoms with Crippen LogP contribution in [0, 0.1) is 0 Å². The highest BCUT2D eigenvalue weighted by atomic mass is 16.5. The Morgan fingerprint density at radius 1 is 1.11 bits per heavy atom. The van der Waals surface area contributed by atoms with Crippen LogP contribution in [0.4, 0.5) is 0 Å². The van der Waals surface area contributed by atoms with Gasteiger partial charge in [-0.05, 0) is 17.2 Å². The van der Waals surface area contributed by atoms with E-state index in [0.29, 0.717) is 5.88 Å². The summed E-state index contributed by atoms with van der Waals surface area (Å²) in [6.07, 6.45) is 3.28. The zero-order chi connectivity index (χ0) is 12.4. The maximum atomic E-state index is 11.3. The number of aromatic nitrogens is 1. The van der Waals surface area contributed by atoms with E-state index in [1.54, 1.807) is 12.4 Å². The maximum Gasteiger partial charge on any atom is 0.334 e. The van der Waals surface area contributed by atoms with Crippen molar-refractivity contribution in [2.45, 2.75) is 0 Å². The van der Waals surface area contributed by atoms with Crippen LogP contribution in [0.15, 0.2) is 47.6 Å². The number of hydrogen-bond donors (Lipinski definition) is 0. The molecule has 2 aromatic rings. The zero-order valence-electron chi connectivity index (χ0n) is 9.54. The van der Waals surface area contributed by atoms with E-state index in [4.69, 9.17) is 4.74 Å². The minimum atomic E-state index is -0.386. The molecule has 88 valence electrons. The molecule has 1 aliphatic rings. The Hall–Kier alpha value is -2.49. The lowest BCUT2D eigenvalue weighted by Crippen LogP contribution is -2.11. The van der Waals surface area contributed by atoms with Crippen LogP contribution in [0.3, 0.4) is 0 Å². The molecule has 4 heteroatoms. The van der Waals surface area contributed by atoms with E-state index in [-0.39, 0.29) is 12.5 Å². The quantitative estimate of drug-likeness (QED) is 0.715. The fourth-order valence-electron chi connectivity index (χ4n) is 1.88. The normalized spacial score (nSPS) is 13.7. The molecule has 0 spiro atoms. The first kappa shape index (κ1) is 10.7. The van der Waals surface area contributed by atoms with Gasteiger partial charge in [-0.1, -0.05) is 30.3 Å². The smallest absolute Gasteiger partial charge is 0.334 e. The topological polar surface area (TPSA) is 51.5 Å². The van der Waals surface area contributed by atoms with Gasteiger partial charge in [0.15, 0.2) is 0 Å². The van der Waals surface area contributed by atoms with Crippen molar-refractivity contribution in [2.75, 3.05) is 6.54 Å². The largest absolute Gasteiger partial charge is 0.405 e. The molecule has 3 rings (SSSR count). The second kappa shape index (κ2) is 4.41. The van der Waals surface area contributed by atoms with Gasteiger partial charge in [-0.15, -0.1) is 0 Å². The summed E-state index contributed by atoms with van der Waals surface area (Å²) in [6, 6.07) is 11.8. The lowest BCUT2D eigenvalue weighted by molar-refractivity contribution is -0.132. The second-order valence-electron chi connectivity index (χ2n) is 3.89. The van der Waals surface area contributed by atoms with Crippen LogP contribution < -0.4 is 4.74 Å². The van der Waals surface area contributed by atoms with E-state index in [1.807, 2.05) is 36.4 Å². The van der Waals surface area contributed by atoms with Gasteiger partial charge in [-0.2, -0.15) is 0 Å². The van der Waals surface area contributed by atoms with Crippen molar-refractivity contribution in [1.82, 2.24) is 4.98 Å². The lowest BCUT2D eigenvalue weighted by Gasteiger charge is -2.08. The van der Waals surface area contributed by atoms with Gasteiger partial charge in [-0.3, -0.25) is 4.99 Å². The predicted octanol–water partition coefficient (Wildman–Crippen LogP) is 2.09. The molecule has 2 heterocycles. The Kier molecular flexibility index (Phi) is 2.61. The minimum Gasteiger partial charge on any atom is -0.405 e. The van der Waals surface area contributed by atoms with Crippen molar-refractivity contribution < 1.29 is 9.53 Å². The summed E-state index contributed by atoms with van der Waals surface area (Å²) >= 11 is 0. The summed E-state index contributed by atoms with van der Waals surface area (Å²) in [7, 11) is 0. The van der Waals surface area contributed by atoms with Crippen LogP contribution in [-0.2, 0) is 4.79 Å². The molecule has 1 aromatic carbocycles. The Balaban J connectivity index is 2.18. The molecule has 0 radical (unpaired) electrons. The second-order valence-corrected chi connectivity index (χ2v) is 3.89. The summed E-state index contributed by atoms with van der Waals surface area (Å²) in [4.78, 5) is 19.4. The van der Waals surface area contributed by atoms with E-state index in [9.17, 15) is 4.79 Å². The number of carbonyl (C=O) groups is 1. The molecule has 1 aromatic heterocycles. The fraction of sp³-hybridized carbons (Fsp3) is 0.0714. The molecule has 0 fully saturated rings. The van der Waals surface area contributed by atoms with Crippen molar-refractivity contribution in [1.29, 1.82) is 0 Å². The number of carbonyl (C=O) groups excluding carboxylic acids is 1. The van der Waals surface area contributed by atoms with E-state index in [2.05, 4.69) is 9.98 Å². The Morgan fingerprint density at radius 3 is 2.78 bits per heavy atom. The Labute approximate surface area is 104 Å². The van der Waals surface area contributed by atoms with E-state index < -0.39 is 0 Å². The first-order valence-corrected chi connectivity index (χ1v) is 5.59. The van der Waals surface area contributed by atoms with Crippen LogP contribution in [0.1, 0.15) is 5.56 Å². The SMILES string of the molecule is O=C1CN=Cc2c(-c3ccccc3)ccnc2O1. The number of esters is 1. The van der Waals surface area contributed by atoms with Crippen LogP contribution in [-0.4, -0.2) is 23.7 Å². The molecule has 0 saturated carbocycles. The highest BCUT2D eigenvalue weighted by molar-refractivity contribution is 5.96. The number of aliphatic imine (C=N–C) groups is 1. The van der Waals surface area contributed by atoms with Crippen molar-refractivity contribution >= 4 is 12.2 Å². The summed E-state index contributed by atoms with van der Waals surface area (Å²) in [5, 5.41) is 0. The third-order valence-electron chi connectivity index (χ3n) is 2.69. The first-order valence-electron chi connectivity index (χ1n) is 5.59. The van der Waals surface area contributed by atoms with Crippen LogP contribution in [0.2, 0.25) is 0 Å². The number of rotatable bonds is 1. The summed E-state index contributed by atoms with van der Waals surface area (Å²) in [5.41, 5.74) is 2.74. The van der Waals surface area contributed by atoms with Gasteiger partial charge in [0.2, 0.25) is 5.88 Å². The predicted molar refractivity (Wildman–Crippen MR) is 67.8 cm³/mol. The monoisotopic (exact) mass is 238 g/mol. The molecule has 0 amide bonds. The van der Waals surface area contributed by atoms with Gasteiger partial charge in [0.05, 0.1) is 5.56 Å². The first-order chi connectivity index (χ1) is 8.84. The van der Waals surface area contributed by atoms with E-state index in [1.165, 1.54) is 0 Å². The van der Waals surface area contributed by atoms with Crippen LogP contribution in [0.5, 0.6) is 5.88 Å². The van der Waals surface area contributed by atoms with Crippen molar-refractivity contribution in [3.8, 4) is 17.0 Å². The van der Waals surface area contributed by atoms with Crippen molar-refractivity contribution in [3.05, 3.63) is 48.2 Å². The highest BCUT2D eigenvalue weighted by Crippen LogP contribution is 2.28. The molecule has 4 nitrogen and oxygen atoms in total. The number of benzene rings is 1. The standard InChI is InChI=1S/C14H10N2O2/c17-13-9-15-8-12-11(6-7-16-14(12)18-13)10-4-2-1-3-5-10/h1-8H,9H2. The van der Waals surface area contributed by atoms with Gasteiger partial charge in [0.25, 0.3) is 0 Å². The molecule has 0 N–H and O–H groups in total. The van der Waals surface area contributed by atoms with Gasteiger partial charge in [0, 0.05) is 12.4 Å². The number of pyridine rings is 1. The average Bonchev–Trinajstić information content (AvgIpc) is 2.60. The Bertz CT molecular complexity index is 621. The van der Waals surface area contributed by atoms with E-state index in [0.717, 1.165) is 16.7 Å². The maximum absolute atomic E-state index is 11.3. The van der Waals surface area contributed by atoms with Crippen LogP contribution >= 0.6 is 0 Å². The number of nitrogens with zero attached hydrogens (tertiary/aromatic N) is 2. The average molecular weight is 238 g/mol. The third kappa shape index (κ3) is 1.88. The molecule has 0 saturated heterocycles. The summed E-state index contributed by atoms with van der Waals surface area (Å²) in [6.45, 7) is 0.0323. The zero-order valence-corrected chi connectivity index (χ0v) is 9.54. The highest BCUT2D eigenvalue weighted by Gasteiger charge is 2.16. The van der Waals surface area contributed by atoms with E-state index >= 15 is 0 Å². The molecule has 18 heavy (non-hydrogen) atoms. The summed E-state index contributed by atoms with van der Waals surface area (Å²) in [5.74, 6) is -0.0645. The van der Waals surface area contributed by atoms with Gasteiger partial charge in [0.1, 0.15) is 6.54 Å². The minimum absolute atomic E-state index is 0.0323. The van der Waals surface area contributed by atoms with Gasteiger partial charge in [-0.25, -0.2) is 9.78 Å². The summed E-state index contributed by atoms with van der Waals surface area (Å²) < 4.78 is 5.14. The van der Waals surface area contributed by atoms with Crippen molar-refractivity contribution in [3.63, 3.8) is 0 Å². The fourth-order valence-corrected chi connectivity index (χ4v) is 1.88. The number of ether oxygens (including phenoxy) is 1. The molecular weight excluding hydrogens is 228 g/mol. The molecule has 0 aliphatic carbocycles. The molecule has 0 bridgehead atoms. The molecule has 0 atom stereocenters. The van der Waals surface area contributed by atoms with Gasteiger partial charge < -0.3 is 4.74 Å². The molecular formula is C14H10N2O2. The molecule has 0 unspecified atom stereocenters. The van der Waals surface area contributed by atoms with Gasteiger partial charge >= 0.3 is 5.97 Å². The Morgan fingerprint density at radius 2 is 1.94 bits per heavy atom. The third-order valence-corrected chi connectivity index (χ3v) is 2.69. The molecule has 1 aliphatic heterocycles. The lowest BCUT2D eigenvalue weighted by atomic mass is 10.0. The van der Waals surface area contributed by atoms with Crippen LogP contribution in [0.25, 0.3) is 11.1 Å². The number of fused-ring (bicyclic) bond motifs is 1. The van der Waals surface area contributed by atoms with Crippen molar-refractivity contribution in [2.24, 2.45) is 4.99 Å².